The minimum absolute atomic E-state index is 0.00418. The van der Waals surface area contributed by atoms with Crippen LogP contribution in [0.4, 0.5) is 17.6 Å². The second-order valence-electron chi connectivity index (χ2n) is 5.95. The zero-order chi connectivity index (χ0) is 21.4. The first-order valence-corrected chi connectivity index (χ1v) is 8.70. The van der Waals surface area contributed by atoms with Gasteiger partial charge in [0.2, 0.25) is 0 Å². The summed E-state index contributed by atoms with van der Waals surface area (Å²) in [7, 11) is 0. The second-order valence-corrected chi connectivity index (χ2v) is 5.95. The van der Waals surface area contributed by atoms with Gasteiger partial charge in [0, 0.05) is 5.56 Å². The third kappa shape index (κ3) is 6.48. The zero-order valence-electron chi connectivity index (χ0n) is 15.5. The fraction of sp³-hybridized carbons (Fsp3) is 0.300. The summed E-state index contributed by atoms with van der Waals surface area (Å²) in [4.78, 5) is 15.8. The predicted molar refractivity (Wildman–Crippen MR) is 97.5 cm³/mol. The van der Waals surface area contributed by atoms with Crippen LogP contribution in [0.2, 0.25) is 0 Å². The lowest BCUT2D eigenvalue weighted by atomic mass is 10.1. The number of alkyl halides is 3. The molecule has 0 fully saturated rings. The average molecular weight is 413 g/mol. The maximum atomic E-state index is 14.1. The van der Waals surface area contributed by atoms with Crippen molar-refractivity contribution in [2.45, 2.75) is 25.9 Å². The molecule has 0 unspecified atom stereocenters. The number of rotatable bonds is 9. The van der Waals surface area contributed by atoms with Crippen molar-refractivity contribution in [2.24, 2.45) is 5.16 Å². The highest BCUT2D eigenvalue weighted by Crippen LogP contribution is 2.29. The van der Waals surface area contributed by atoms with Crippen LogP contribution in [-0.2, 0) is 22.2 Å². The van der Waals surface area contributed by atoms with Crippen molar-refractivity contribution in [1.29, 1.82) is 0 Å². The number of halogens is 4. The molecule has 2 aromatic carbocycles. The van der Waals surface area contributed by atoms with E-state index < -0.39 is 29.9 Å². The molecule has 0 saturated carbocycles. The van der Waals surface area contributed by atoms with Crippen molar-refractivity contribution >= 4 is 11.7 Å². The SMILES string of the molecule is CCC(=NOCCOc1cccc(CC(=O)O)c1F)c1ccc(C(F)(F)F)cc1. The minimum Gasteiger partial charge on any atom is -0.487 e. The molecule has 5 nitrogen and oxygen atoms in total. The lowest BCUT2D eigenvalue weighted by Gasteiger charge is -2.10. The fourth-order valence-corrected chi connectivity index (χ4v) is 2.45. The summed E-state index contributed by atoms with van der Waals surface area (Å²) >= 11 is 0. The van der Waals surface area contributed by atoms with Gasteiger partial charge in [0.05, 0.1) is 17.7 Å². The molecular weight excluding hydrogens is 394 g/mol. The Balaban J connectivity index is 1.91. The van der Waals surface area contributed by atoms with Crippen LogP contribution in [0.15, 0.2) is 47.6 Å². The van der Waals surface area contributed by atoms with Crippen molar-refractivity contribution in [3.8, 4) is 5.75 Å². The monoisotopic (exact) mass is 413 g/mol. The molecule has 9 heteroatoms. The van der Waals surface area contributed by atoms with E-state index in [2.05, 4.69) is 5.16 Å². The van der Waals surface area contributed by atoms with Gasteiger partial charge in [-0.1, -0.05) is 36.3 Å². The molecule has 0 amide bonds. The highest BCUT2D eigenvalue weighted by atomic mass is 19.4. The van der Waals surface area contributed by atoms with Gasteiger partial charge in [0.1, 0.15) is 6.61 Å². The molecule has 1 N–H and O–H groups in total. The highest BCUT2D eigenvalue weighted by Gasteiger charge is 2.30. The van der Waals surface area contributed by atoms with Gasteiger partial charge in [-0.2, -0.15) is 13.2 Å². The normalized spacial score (nSPS) is 12.0. The third-order valence-electron chi connectivity index (χ3n) is 3.87. The number of ether oxygens (including phenoxy) is 1. The van der Waals surface area contributed by atoms with Crippen molar-refractivity contribution in [2.75, 3.05) is 13.2 Å². The van der Waals surface area contributed by atoms with Crippen LogP contribution >= 0.6 is 0 Å². The Labute approximate surface area is 164 Å². The van der Waals surface area contributed by atoms with E-state index in [1.807, 2.05) is 0 Å². The predicted octanol–water partition coefficient (Wildman–Crippen LogP) is 4.68. The number of benzene rings is 2. The molecule has 0 spiro atoms. The molecule has 0 radical (unpaired) electrons. The Morgan fingerprint density at radius 2 is 1.79 bits per heavy atom. The van der Waals surface area contributed by atoms with Gasteiger partial charge < -0.3 is 14.7 Å². The van der Waals surface area contributed by atoms with E-state index in [0.717, 1.165) is 12.1 Å². The number of nitrogens with zero attached hydrogens (tertiary/aromatic N) is 1. The largest absolute Gasteiger partial charge is 0.487 e. The summed E-state index contributed by atoms with van der Waals surface area (Å²) in [5.74, 6) is -2.01. The molecule has 29 heavy (non-hydrogen) atoms. The summed E-state index contributed by atoms with van der Waals surface area (Å²) in [6.45, 7) is 1.69. The number of hydrogen-bond donors (Lipinski definition) is 1. The smallest absolute Gasteiger partial charge is 0.416 e. The van der Waals surface area contributed by atoms with Crippen molar-refractivity contribution in [1.82, 2.24) is 0 Å². The third-order valence-corrected chi connectivity index (χ3v) is 3.87. The number of hydrogen-bond acceptors (Lipinski definition) is 4. The molecule has 0 aromatic heterocycles. The molecule has 156 valence electrons. The number of carboxylic acids is 1. The number of oxime groups is 1. The van der Waals surface area contributed by atoms with E-state index in [0.29, 0.717) is 17.7 Å². The van der Waals surface area contributed by atoms with Crippen LogP contribution in [0.5, 0.6) is 5.75 Å². The summed E-state index contributed by atoms with van der Waals surface area (Å²) < 4.78 is 57.2. The number of carboxylic acid groups (broad SMARTS) is 1. The van der Waals surface area contributed by atoms with Crippen LogP contribution in [0, 0.1) is 5.82 Å². The van der Waals surface area contributed by atoms with Crippen molar-refractivity contribution in [3.05, 3.63) is 65.0 Å². The molecule has 0 atom stereocenters. The first-order valence-electron chi connectivity index (χ1n) is 8.70. The molecular formula is C20H19F4NO4. The lowest BCUT2D eigenvalue weighted by molar-refractivity contribution is -0.138. The minimum atomic E-state index is -4.41. The Hall–Kier alpha value is -3.10. The summed E-state index contributed by atoms with van der Waals surface area (Å²) in [6, 6.07) is 8.77. The quantitative estimate of drug-likeness (QED) is 0.281. The first kappa shape index (κ1) is 22.2. The summed E-state index contributed by atoms with van der Waals surface area (Å²) in [6.07, 6.45) is -4.44. The van der Waals surface area contributed by atoms with E-state index in [9.17, 15) is 22.4 Å². The Kier molecular flexibility index (Phi) is 7.58. The highest BCUT2D eigenvalue weighted by molar-refractivity contribution is 6.00. The van der Waals surface area contributed by atoms with E-state index >= 15 is 0 Å². The number of carbonyl (C=O) groups is 1. The number of aliphatic carboxylic acids is 1. The van der Waals surface area contributed by atoms with E-state index in [1.54, 1.807) is 6.92 Å². The van der Waals surface area contributed by atoms with Crippen molar-refractivity contribution in [3.63, 3.8) is 0 Å². The van der Waals surface area contributed by atoms with Gasteiger partial charge in [-0.25, -0.2) is 4.39 Å². The standard InChI is InChI=1S/C20H19F4NO4/c1-2-16(13-6-8-15(9-7-13)20(22,23)24)25-29-11-10-28-17-5-3-4-14(19(17)21)12-18(26)27/h3-9H,2,10-12H2,1H3,(H,26,27). The molecule has 0 heterocycles. The maximum absolute atomic E-state index is 14.1. The van der Waals surface area contributed by atoms with Gasteiger partial charge in [0.25, 0.3) is 0 Å². The van der Waals surface area contributed by atoms with Crippen LogP contribution in [0.3, 0.4) is 0 Å². The van der Waals surface area contributed by atoms with Gasteiger partial charge in [-0.15, -0.1) is 0 Å². The van der Waals surface area contributed by atoms with Gasteiger partial charge in [-0.05, 0) is 30.2 Å². The fourth-order valence-electron chi connectivity index (χ4n) is 2.45. The molecule has 0 aliphatic carbocycles. The van der Waals surface area contributed by atoms with E-state index in [1.165, 1.54) is 30.3 Å². The van der Waals surface area contributed by atoms with E-state index in [4.69, 9.17) is 14.7 Å². The first-order chi connectivity index (χ1) is 13.7. The molecule has 2 rings (SSSR count). The topological polar surface area (TPSA) is 68.1 Å². The van der Waals surface area contributed by atoms with Crippen LogP contribution in [0.1, 0.15) is 30.0 Å². The average Bonchev–Trinajstić information content (AvgIpc) is 2.66. The van der Waals surface area contributed by atoms with Crippen LogP contribution in [-0.4, -0.2) is 30.0 Å². The van der Waals surface area contributed by atoms with E-state index in [-0.39, 0.29) is 24.5 Å². The maximum Gasteiger partial charge on any atom is 0.416 e. The molecule has 2 aromatic rings. The second kappa shape index (κ2) is 9.90. The Bertz CT molecular complexity index is 864. The van der Waals surface area contributed by atoms with Gasteiger partial charge >= 0.3 is 12.1 Å². The molecule has 0 aliphatic rings. The summed E-state index contributed by atoms with van der Waals surface area (Å²) in [5, 5.41) is 12.7. The summed E-state index contributed by atoms with van der Waals surface area (Å²) in [5.41, 5.74) is 0.199. The van der Waals surface area contributed by atoms with Crippen LogP contribution < -0.4 is 4.74 Å². The van der Waals surface area contributed by atoms with Gasteiger partial charge in [-0.3, -0.25) is 4.79 Å². The zero-order valence-corrected chi connectivity index (χ0v) is 15.5. The molecule has 0 bridgehead atoms. The Morgan fingerprint density at radius 3 is 2.38 bits per heavy atom. The van der Waals surface area contributed by atoms with Gasteiger partial charge in [0.15, 0.2) is 18.2 Å². The lowest BCUT2D eigenvalue weighted by Crippen LogP contribution is -2.09. The Morgan fingerprint density at radius 1 is 1.10 bits per heavy atom. The van der Waals surface area contributed by atoms with Crippen molar-refractivity contribution < 1.29 is 37.0 Å². The molecule has 0 saturated heterocycles. The van der Waals surface area contributed by atoms with Crippen LogP contribution in [0.25, 0.3) is 0 Å². The molecule has 0 aliphatic heterocycles.